The molecule has 8 nitrogen and oxygen atoms in total. The Morgan fingerprint density at radius 2 is 1.97 bits per heavy atom. The molecule has 0 amide bonds. The van der Waals surface area contributed by atoms with Crippen molar-refractivity contribution in [2.75, 3.05) is 37.6 Å². The summed E-state index contributed by atoms with van der Waals surface area (Å²) in [6.07, 6.45) is 2.44. The number of rotatable bonds is 6. The van der Waals surface area contributed by atoms with E-state index < -0.39 is 7.14 Å². The van der Waals surface area contributed by atoms with Crippen LogP contribution in [0.1, 0.15) is 11.1 Å². The van der Waals surface area contributed by atoms with Crippen LogP contribution in [0.15, 0.2) is 36.5 Å². The number of fused-ring (bicyclic) bond motifs is 1. The minimum atomic E-state index is -2.67. The van der Waals surface area contributed by atoms with Crippen LogP contribution >= 0.6 is 18.7 Å². The second-order valence-electron chi connectivity index (χ2n) is 7.94. The summed E-state index contributed by atoms with van der Waals surface area (Å²) in [6.45, 7) is 5.01. The fourth-order valence-electron chi connectivity index (χ4n) is 3.61. The minimum Gasteiger partial charge on any atom is -0.508 e. The molecule has 0 fully saturated rings. The summed E-state index contributed by atoms with van der Waals surface area (Å²) in [6, 6.07) is 8.73. The Balaban J connectivity index is 1.66. The zero-order valence-corrected chi connectivity index (χ0v) is 19.7. The topological polar surface area (TPSA) is 108 Å². The van der Waals surface area contributed by atoms with Gasteiger partial charge in [0.2, 0.25) is 5.95 Å². The number of hydrogen-bond donors (Lipinski definition) is 4. The number of methoxy groups -OCH3 is 1. The third kappa shape index (κ3) is 4.83. The summed E-state index contributed by atoms with van der Waals surface area (Å²) in [5, 5.41) is 20.4. The monoisotopic (exact) mass is 473 g/mol. The normalized spacial score (nSPS) is 13.4. The molecule has 168 valence electrons. The average Bonchev–Trinajstić information content (AvgIpc) is 2.76. The molecule has 4 N–H and O–H groups in total. The van der Waals surface area contributed by atoms with Crippen molar-refractivity contribution in [3.05, 3.63) is 52.7 Å². The summed E-state index contributed by atoms with van der Waals surface area (Å²) in [4.78, 5) is 8.80. The Bertz CT molecular complexity index is 1210. The van der Waals surface area contributed by atoms with Crippen LogP contribution in [0.2, 0.25) is 5.02 Å². The van der Waals surface area contributed by atoms with Crippen LogP contribution in [0.25, 0.3) is 0 Å². The minimum absolute atomic E-state index is 0.0413. The first kappa shape index (κ1) is 22.4. The molecule has 0 spiro atoms. The Kier molecular flexibility index (Phi) is 6.29. The van der Waals surface area contributed by atoms with E-state index in [2.05, 4.69) is 25.9 Å². The zero-order chi connectivity index (χ0) is 22.9. The summed E-state index contributed by atoms with van der Waals surface area (Å²) in [5.41, 5.74) is 3.76. The maximum Gasteiger partial charge on any atom is 0.229 e. The highest BCUT2D eigenvalue weighted by Crippen LogP contribution is 2.40. The number of aromatic hydroxyl groups is 1. The molecule has 0 saturated heterocycles. The van der Waals surface area contributed by atoms with Crippen LogP contribution < -0.4 is 26.0 Å². The van der Waals surface area contributed by atoms with Gasteiger partial charge in [0, 0.05) is 11.8 Å². The van der Waals surface area contributed by atoms with Crippen molar-refractivity contribution in [2.24, 2.45) is 0 Å². The van der Waals surface area contributed by atoms with Gasteiger partial charge in [0.1, 0.15) is 23.7 Å². The van der Waals surface area contributed by atoms with Gasteiger partial charge in [-0.2, -0.15) is 4.98 Å². The molecule has 3 aromatic rings. The lowest BCUT2D eigenvalue weighted by Crippen LogP contribution is -2.23. The van der Waals surface area contributed by atoms with Crippen molar-refractivity contribution >= 4 is 47.2 Å². The number of phenolic OH excluding ortho intramolecular Hbond substituents is 1. The van der Waals surface area contributed by atoms with E-state index in [1.807, 2.05) is 12.1 Å². The molecule has 0 bridgehead atoms. The first-order valence-corrected chi connectivity index (χ1v) is 13.1. The van der Waals surface area contributed by atoms with E-state index in [1.165, 1.54) is 29.5 Å². The van der Waals surface area contributed by atoms with E-state index in [-0.39, 0.29) is 5.75 Å². The van der Waals surface area contributed by atoms with Crippen molar-refractivity contribution in [1.82, 2.24) is 15.3 Å². The molecule has 1 aliphatic rings. The lowest BCUT2D eigenvalue weighted by atomic mass is 10.00. The molecule has 4 rings (SSSR count). The molecule has 32 heavy (non-hydrogen) atoms. The molecule has 2 aromatic carbocycles. The van der Waals surface area contributed by atoms with E-state index in [1.54, 1.807) is 26.5 Å². The van der Waals surface area contributed by atoms with Crippen LogP contribution in [-0.2, 0) is 17.5 Å². The van der Waals surface area contributed by atoms with Gasteiger partial charge in [-0.3, -0.25) is 0 Å². The van der Waals surface area contributed by atoms with Crippen LogP contribution in [0, 0.1) is 0 Å². The number of benzene rings is 2. The number of anilines is 4. The van der Waals surface area contributed by atoms with Crippen LogP contribution in [0.5, 0.6) is 11.5 Å². The molecule has 2 heterocycles. The summed E-state index contributed by atoms with van der Waals surface area (Å²) in [5.74, 6) is 1.43. The molecule has 0 unspecified atom stereocenters. The molecule has 0 aliphatic carbocycles. The van der Waals surface area contributed by atoms with Gasteiger partial charge in [-0.05, 0) is 67.8 Å². The number of nitrogens with zero attached hydrogens (tertiary/aromatic N) is 2. The number of halogens is 1. The van der Waals surface area contributed by atoms with Crippen LogP contribution in [0.3, 0.4) is 0 Å². The summed E-state index contributed by atoms with van der Waals surface area (Å²) in [7, 11) is -1.04. The second kappa shape index (κ2) is 8.98. The Labute approximate surface area is 191 Å². The van der Waals surface area contributed by atoms with Gasteiger partial charge in [0.15, 0.2) is 5.82 Å². The van der Waals surface area contributed by atoms with Crippen molar-refractivity contribution in [3.8, 4) is 11.5 Å². The zero-order valence-electron chi connectivity index (χ0n) is 18.1. The predicted octanol–water partition coefficient (Wildman–Crippen LogP) is 4.23. The van der Waals surface area contributed by atoms with E-state index in [9.17, 15) is 9.67 Å². The van der Waals surface area contributed by atoms with Crippen LogP contribution in [-0.4, -0.2) is 42.1 Å². The number of hydrogen-bond acceptors (Lipinski definition) is 8. The van der Waals surface area contributed by atoms with Gasteiger partial charge in [-0.15, -0.1) is 0 Å². The summed E-state index contributed by atoms with van der Waals surface area (Å²) < 4.78 is 18.3. The Morgan fingerprint density at radius 3 is 2.72 bits per heavy atom. The molecular formula is C22H25ClN5O3P. The fourth-order valence-corrected chi connectivity index (χ4v) is 4.90. The highest BCUT2D eigenvalue weighted by molar-refractivity contribution is 7.70. The van der Waals surface area contributed by atoms with Gasteiger partial charge in [-0.25, -0.2) is 4.98 Å². The number of aromatic nitrogens is 2. The maximum atomic E-state index is 12.7. The number of ether oxygens (including phenoxy) is 1. The Morgan fingerprint density at radius 1 is 1.16 bits per heavy atom. The molecule has 0 atom stereocenters. The SMILES string of the molecule is COc1cc2c(cc1Nc1ncc(Cl)c(Nc3ccc(O)cc3P(C)(C)=O)n1)CNCC2. The van der Waals surface area contributed by atoms with E-state index >= 15 is 0 Å². The molecular weight excluding hydrogens is 449 g/mol. The largest absolute Gasteiger partial charge is 0.508 e. The van der Waals surface area contributed by atoms with Crippen molar-refractivity contribution in [2.45, 2.75) is 13.0 Å². The third-order valence-corrected chi connectivity index (χ3v) is 7.02. The van der Waals surface area contributed by atoms with Gasteiger partial charge in [0.05, 0.1) is 24.7 Å². The first-order chi connectivity index (χ1) is 15.2. The third-order valence-electron chi connectivity index (χ3n) is 5.21. The fraction of sp³-hybridized carbons (Fsp3) is 0.273. The predicted molar refractivity (Wildman–Crippen MR) is 129 cm³/mol. The standard InChI is InChI=1S/C22H25ClN5O3P/c1-31-19-9-13-6-7-24-11-14(13)8-18(19)27-22-25-12-16(23)21(28-22)26-17-5-4-15(29)10-20(17)32(2,3)30/h4-5,8-10,12,24,29H,6-7,11H2,1-3H3,(H2,25,26,27,28). The number of nitrogens with one attached hydrogen (secondary N) is 3. The molecule has 0 saturated carbocycles. The van der Waals surface area contributed by atoms with Crippen molar-refractivity contribution < 1.29 is 14.4 Å². The van der Waals surface area contributed by atoms with E-state index in [4.69, 9.17) is 16.3 Å². The molecule has 0 radical (unpaired) electrons. The number of phenols is 1. The quantitative estimate of drug-likeness (QED) is 0.311. The second-order valence-corrected chi connectivity index (χ2v) is 11.5. The average molecular weight is 474 g/mol. The molecule has 1 aliphatic heterocycles. The molecule has 1 aromatic heterocycles. The van der Waals surface area contributed by atoms with Crippen molar-refractivity contribution in [1.29, 1.82) is 0 Å². The van der Waals surface area contributed by atoms with E-state index in [0.717, 1.165) is 25.2 Å². The van der Waals surface area contributed by atoms with Crippen LogP contribution in [0.4, 0.5) is 23.1 Å². The van der Waals surface area contributed by atoms with E-state index in [0.29, 0.717) is 33.5 Å². The summed E-state index contributed by atoms with van der Waals surface area (Å²) >= 11 is 6.33. The lowest BCUT2D eigenvalue weighted by molar-refractivity contribution is 0.415. The Hall–Kier alpha value is -2.80. The maximum absolute atomic E-state index is 12.7. The highest BCUT2D eigenvalue weighted by atomic mass is 35.5. The van der Waals surface area contributed by atoms with Gasteiger partial charge in [0.25, 0.3) is 0 Å². The van der Waals surface area contributed by atoms with Gasteiger partial charge in [-0.1, -0.05) is 11.6 Å². The highest BCUT2D eigenvalue weighted by Gasteiger charge is 2.19. The smallest absolute Gasteiger partial charge is 0.229 e. The van der Waals surface area contributed by atoms with Gasteiger partial charge < -0.3 is 30.4 Å². The van der Waals surface area contributed by atoms with Gasteiger partial charge >= 0.3 is 0 Å². The molecule has 10 heteroatoms. The van der Waals surface area contributed by atoms with Crippen molar-refractivity contribution in [3.63, 3.8) is 0 Å². The lowest BCUT2D eigenvalue weighted by Gasteiger charge is -2.20. The first-order valence-electron chi connectivity index (χ1n) is 10.1.